The van der Waals surface area contributed by atoms with Gasteiger partial charge in [-0.05, 0) is 68.5 Å². The number of aryl methyl sites for hydroxylation is 3. The molecule has 1 aromatic carbocycles. The number of thiophene rings is 1. The molecule has 0 spiro atoms. The zero-order valence-corrected chi connectivity index (χ0v) is 17.3. The summed E-state index contributed by atoms with van der Waals surface area (Å²) in [5, 5.41) is 0. The predicted molar refractivity (Wildman–Crippen MR) is 110 cm³/mol. The van der Waals surface area contributed by atoms with Gasteiger partial charge in [-0.1, -0.05) is 12.1 Å². The van der Waals surface area contributed by atoms with Crippen LogP contribution in [0.3, 0.4) is 0 Å². The van der Waals surface area contributed by atoms with Crippen molar-refractivity contribution in [2.75, 3.05) is 6.61 Å². The van der Waals surface area contributed by atoms with Crippen molar-refractivity contribution >= 4 is 23.1 Å². The molecule has 150 valence electrons. The smallest absolute Gasteiger partial charge is 0.348 e. The zero-order chi connectivity index (χ0) is 20.5. The van der Waals surface area contributed by atoms with Gasteiger partial charge in [-0.25, -0.2) is 9.18 Å². The monoisotopic (exact) mass is 411 g/mol. The first-order valence-electron chi connectivity index (χ1n) is 9.65. The Morgan fingerprint density at radius 1 is 1.14 bits per heavy atom. The van der Waals surface area contributed by atoms with Gasteiger partial charge in [0.25, 0.3) is 0 Å². The van der Waals surface area contributed by atoms with Gasteiger partial charge in [0.15, 0.2) is 6.61 Å². The average Bonchev–Trinajstić information content (AvgIpc) is 3.37. The van der Waals surface area contributed by atoms with E-state index in [2.05, 4.69) is 0 Å². The summed E-state index contributed by atoms with van der Waals surface area (Å²) in [6, 6.07) is 10.0. The van der Waals surface area contributed by atoms with Crippen molar-refractivity contribution in [1.29, 1.82) is 0 Å². The highest BCUT2D eigenvalue weighted by Gasteiger charge is 2.21. The number of esters is 1. The molecule has 0 N–H and O–H groups in total. The van der Waals surface area contributed by atoms with Crippen LogP contribution in [0.2, 0.25) is 0 Å². The van der Waals surface area contributed by atoms with Gasteiger partial charge in [0.05, 0.1) is 0 Å². The Balaban J connectivity index is 1.43. The van der Waals surface area contributed by atoms with Gasteiger partial charge >= 0.3 is 5.97 Å². The Hall–Kier alpha value is -2.73. The summed E-state index contributed by atoms with van der Waals surface area (Å²) in [7, 11) is 0. The van der Waals surface area contributed by atoms with Gasteiger partial charge in [-0.15, -0.1) is 11.3 Å². The molecule has 1 aliphatic carbocycles. The Morgan fingerprint density at radius 2 is 1.90 bits per heavy atom. The minimum atomic E-state index is -0.433. The quantitative estimate of drug-likeness (QED) is 0.429. The Bertz CT molecular complexity index is 1060. The number of hydrogen-bond acceptors (Lipinski definition) is 4. The number of hydrogen-bond donors (Lipinski definition) is 0. The topological polar surface area (TPSA) is 48.3 Å². The SMILES string of the molecule is Cc1cc(C(=O)COC(=O)c2cc3c(s2)CCC3)c(C)n1Cc1ccc(F)cc1. The lowest BCUT2D eigenvalue weighted by Gasteiger charge is -2.10. The first kappa shape index (κ1) is 19.6. The largest absolute Gasteiger partial charge is 0.453 e. The Labute approximate surface area is 172 Å². The van der Waals surface area contributed by atoms with Crippen LogP contribution in [0.15, 0.2) is 36.4 Å². The number of Topliss-reactive ketones (excluding diaryl/α,β-unsaturated/α-hetero) is 1. The third-order valence-corrected chi connectivity index (χ3v) is 6.63. The summed E-state index contributed by atoms with van der Waals surface area (Å²) in [5.74, 6) is -0.929. The van der Waals surface area contributed by atoms with Crippen molar-refractivity contribution in [3.63, 3.8) is 0 Å². The minimum Gasteiger partial charge on any atom is -0.453 e. The van der Waals surface area contributed by atoms with Crippen molar-refractivity contribution in [3.8, 4) is 0 Å². The van der Waals surface area contributed by atoms with E-state index < -0.39 is 5.97 Å². The van der Waals surface area contributed by atoms with E-state index in [1.54, 1.807) is 12.1 Å². The summed E-state index contributed by atoms with van der Waals surface area (Å²) in [6.07, 6.45) is 3.17. The van der Waals surface area contributed by atoms with Crippen LogP contribution in [0.25, 0.3) is 0 Å². The van der Waals surface area contributed by atoms with Crippen molar-refractivity contribution in [3.05, 3.63) is 80.0 Å². The molecule has 0 radical (unpaired) electrons. The van der Waals surface area contributed by atoms with E-state index in [0.29, 0.717) is 17.0 Å². The summed E-state index contributed by atoms with van der Waals surface area (Å²) in [4.78, 5) is 26.8. The van der Waals surface area contributed by atoms with Crippen molar-refractivity contribution in [2.45, 2.75) is 39.7 Å². The molecule has 0 aliphatic heterocycles. The number of ketones is 1. The van der Waals surface area contributed by atoms with Crippen LogP contribution in [0.1, 0.15) is 53.8 Å². The van der Waals surface area contributed by atoms with Crippen molar-refractivity contribution < 1.29 is 18.7 Å². The van der Waals surface area contributed by atoms with E-state index in [9.17, 15) is 14.0 Å². The summed E-state index contributed by atoms with van der Waals surface area (Å²) >= 11 is 1.47. The molecule has 0 saturated carbocycles. The maximum absolute atomic E-state index is 13.1. The molecule has 0 amide bonds. The zero-order valence-electron chi connectivity index (χ0n) is 16.5. The van der Waals surface area contributed by atoms with Gasteiger partial charge in [0, 0.05) is 28.4 Å². The molecular formula is C23H22FNO3S. The molecule has 3 aromatic rings. The number of carbonyl (C=O) groups excluding carboxylic acids is 2. The summed E-state index contributed by atoms with van der Waals surface area (Å²) < 4.78 is 20.4. The lowest BCUT2D eigenvalue weighted by atomic mass is 10.1. The maximum atomic E-state index is 13.1. The molecule has 2 heterocycles. The molecule has 4 rings (SSSR count). The molecule has 0 atom stereocenters. The van der Waals surface area contributed by atoms with E-state index in [0.717, 1.165) is 36.2 Å². The Kier molecular flexibility index (Phi) is 5.37. The standard InChI is InChI=1S/C23H22FNO3S/c1-14-10-19(15(2)25(14)12-16-6-8-18(24)9-7-16)20(26)13-28-23(27)22-11-17-4-3-5-21(17)29-22/h6-11H,3-5,12-13H2,1-2H3. The second kappa shape index (κ2) is 7.95. The lowest BCUT2D eigenvalue weighted by molar-refractivity contribution is 0.0479. The van der Waals surface area contributed by atoms with E-state index in [-0.39, 0.29) is 18.2 Å². The normalized spacial score (nSPS) is 12.8. The van der Waals surface area contributed by atoms with Gasteiger partial charge in [-0.2, -0.15) is 0 Å². The molecule has 1 aliphatic rings. The van der Waals surface area contributed by atoms with Gasteiger partial charge in [-0.3, -0.25) is 4.79 Å². The van der Waals surface area contributed by atoms with Crippen LogP contribution in [-0.2, 0) is 24.1 Å². The first-order valence-corrected chi connectivity index (χ1v) is 10.5. The number of halogens is 1. The highest BCUT2D eigenvalue weighted by atomic mass is 32.1. The van der Waals surface area contributed by atoms with E-state index >= 15 is 0 Å². The molecule has 4 nitrogen and oxygen atoms in total. The molecular weight excluding hydrogens is 389 g/mol. The van der Waals surface area contributed by atoms with Crippen LogP contribution in [0, 0.1) is 19.7 Å². The molecule has 2 aromatic heterocycles. The number of rotatable bonds is 6. The number of aromatic nitrogens is 1. The van der Waals surface area contributed by atoms with Crippen LogP contribution in [0.5, 0.6) is 0 Å². The maximum Gasteiger partial charge on any atom is 0.348 e. The average molecular weight is 411 g/mol. The second-order valence-corrected chi connectivity index (χ2v) is 8.55. The number of ether oxygens (including phenoxy) is 1. The molecule has 0 unspecified atom stereocenters. The highest BCUT2D eigenvalue weighted by molar-refractivity contribution is 7.14. The summed E-state index contributed by atoms with van der Waals surface area (Å²) in [6.45, 7) is 4.07. The predicted octanol–water partition coefficient (Wildman–Crippen LogP) is 4.88. The van der Waals surface area contributed by atoms with Crippen LogP contribution >= 0.6 is 11.3 Å². The fraction of sp³-hybridized carbons (Fsp3) is 0.304. The van der Waals surface area contributed by atoms with E-state index in [4.69, 9.17) is 4.74 Å². The molecule has 0 bridgehead atoms. The highest BCUT2D eigenvalue weighted by Crippen LogP contribution is 2.31. The second-order valence-electron chi connectivity index (χ2n) is 7.41. The van der Waals surface area contributed by atoms with Gasteiger partial charge in [0.2, 0.25) is 5.78 Å². The molecule has 29 heavy (non-hydrogen) atoms. The number of benzene rings is 1. The van der Waals surface area contributed by atoms with Crippen molar-refractivity contribution in [1.82, 2.24) is 4.57 Å². The molecule has 0 saturated heterocycles. The molecule has 0 fully saturated rings. The van der Waals surface area contributed by atoms with Crippen molar-refractivity contribution in [2.24, 2.45) is 0 Å². The van der Waals surface area contributed by atoms with Crippen LogP contribution in [0.4, 0.5) is 4.39 Å². The minimum absolute atomic E-state index is 0.221. The fourth-order valence-corrected chi connectivity index (χ4v) is 4.96. The summed E-state index contributed by atoms with van der Waals surface area (Å²) in [5.41, 5.74) is 4.47. The molecule has 6 heteroatoms. The third kappa shape index (κ3) is 4.03. The van der Waals surface area contributed by atoms with Gasteiger partial charge in [0.1, 0.15) is 10.7 Å². The number of carbonyl (C=O) groups is 2. The number of fused-ring (bicyclic) bond motifs is 1. The fourth-order valence-electron chi connectivity index (χ4n) is 3.81. The van der Waals surface area contributed by atoms with E-state index in [1.807, 2.05) is 30.5 Å². The van der Waals surface area contributed by atoms with E-state index in [1.165, 1.54) is 33.9 Å². The lowest BCUT2D eigenvalue weighted by Crippen LogP contribution is -2.14. The van der Waals surface area contributed by atoms with Crippen LogP contribution < -0.4 is 0 Å². The first-order chi connectivity index (χ1) is 13.9. The van der Waals surface area contributed by atoms with Gasteiger partial charge < -0.3 is 9.30 Å². The number of nitrogens with zero attached hydrogens (tertiary/aromatic N) is 1. The van der Waals surface area contributed by atoms with Crippen LogP contribution in [-0.4, -0.2) is 22.9 Å². The third-order valence-electron chi connectivity index (χ3n) is 5.41. The Morgan fingerprint density at radius 3 is 2.62 bits per heavy atom.